The van der Waals surface area contributed by atoms with Crippen molar-refractivity contribution in [3.05, 3.63) is 41.2 Å². The average molecular weight is 283 g/mol. The predicted octanol–water partition coefficient (Wildman–Crippen LogP) is 3.46. The van der Waals surface area contributed by atoms with Crippen LogP contribution in [0.15, 0.2) is 24.3 Å². The SMILES string of the molecule is CCc1nn(C)c(CC)c1-c1cccc(CNC2CC2)c1. The van der Waals surface area contributed by atoms with E-state index in [-0.39, 0.29) is 0 Å². The monoisotopic (exact) mass is 283 g/mol. The minimum absolute atomic E-state index is 0.754. The first-order valence-corrected chi connectivity index (χ1v) is 8.10. The molecule has 21 heavy (non-hydrogen) atoms. The largest absolute Gasteiger partial charge is 0.310 e. The quantitative estimate of drug-likeness (QED) is 0.880. The molecule has 1 heterocycles. The molecule has 1 aromatic carbocycles. The van der Waals surface area contributed by atoms with E-state index in [1.54, 1.807) is 0 Å². The van der Waals surface area contributed by atoms with Gasteiger partial charge in [-0.1, -0.05) is 32.0 Å². The van der Waals surface area contributed by atoms with Gasteiger partial charge in [-0.25, -0.2) is 0 Å². The van der Waals surface area contributed by atoms with Gasteiger partial charge in [0.15, 0.2) is 0 Å². The lowest BCUT2D eigenvalue weighted by atomic mass is 9.98. The van der Waals surface area contributed by atoms with Crippen LogP contribution in [0, 0.1) is 0 Å². The zero-order valence-corrected chi connectivity index (χ0v) is 13.3. The molecule has 0 bridgehead atoms. The number of nitrogens with zero attached hydrogens (tertiary/aromatic N) is 2. The summed E-state index contributed by atoms with van der Waals surface area (Å²) in [5.74, 6) is 0. The van der Waals surface area contributed by atoms with Crippen LogP contribution in [-0.4, -0.2) is 15.8 Å². The second-order valence-electron chi connectivity index (χ2n) is 5.95. The molecule has 0 radical (unpaired) electrons. The second kappa shape index (κ2) is 6.02. The topological polar surface area (TPSA) is 29.9 Å². The molecule has 3 nitrogen and oxygen atoms in total. The van der Waals surface area contributed by atoms with Gasteiger partial charge >= 0.3 is 0 Å². The summed E-state index contributed by atoms with van der Waals surface area (Å²) < 4.78 is 2.04. The summed E-state index contributed by atoms with van der Waals surface area (Å²) in [7, 11) is 2.06. The van der Waals surface area contributed by atoms with Gasteiger partial charge in [0.2, 0.25) is 0 Å². The van der Waals surface area contributed by atoms with E-state index in [1.807, 2.05) is 4.68 Å². The molecule has 0 unspecified atom stereocenters. The maximum Gasteiger partial charge on any atom is 0.0703 e. The van der Waals surface area contributed by atoms with Crippen LogP contribution in [0.1, 0.15) is 43.6 Å². The van der Waals surface area contributed by atoms with Gasteiger partial charge in [-0.05, 0) is 42.9 Å². The molecule has 1 aromatic heterocycles. The van der Waals surface area contributed by atoms with Gasteiger partial charge < -0.3 is 5.32 Å². The summed E-state index contributed by atoms with van der Waals surface area (Å²) in [4.78, 5) is 0. The van der Waals surface area contributed by atoms with Crippen LogP contribution in [0.3, 0.4) is 0 Å². The van der Waals surface area contributed by atoms with Gasteiger partial charge in [0.05, 0.1) is 5.69 Å². The maximum atomic E-state index is 4.69. The minimum atomic E-state index is 0.754. The molecule has 2 aromatic rings. The van der Waals surface area contributed by atoms with E-state index < -0.39 is 0 Å². The smallest absolute Gasteiger partial charge is 0.0703 e. The number of rotatable bonds is 6. The van der Waals surface area contributed by atoms with Crippen molar-refractivity contribution in [2.45, 2.75) is 52.1 Å². The molecule has 0 aliphatic heterocycles. The van der Waals surface area contributed by atoms with E-state index >= 15 is 0 Å². The Balaban J connectivity index is 1.93. The van der Waals surface area contributed by atoms with E-state index in [1.165, 1.54) is 40.9 Å². The average Bonchev–Trinajstić information content (AvgIpc) is 3.27. The summed E-state index contributed by atoms with van der Waals surface area (Å²) in [5, 5.41) is 8.28. The summed E-state index contributed by atoms with van der Waals surface area (Å²) in [6, 6.07) is 9.68. The van der Waals surface area contributed by atoms with Crippen molar-refractivity contribution in [1.29, 1.82) is 0 Å². The summed E-state index contributed by atoms with van der Waals surface area (Å²) in [6.07, 6.45) is 4.67. The zero-order valence-electron chi connectivity index (χ0n) is 13.3. The molecule has 1 N–H and O–H groups in total. The van der Waals surface area contributed by atoms with Crippen LogP contribution < -0.4 is 5.32 Å². The highest BCUT2D eigenvalue weighted by atomic mass is 15.3. The fourth-order valence-electron chi connectivity index (χ4n) is 2.99. The van der Waals surface area contributed by atoms with Crippen LogP contribution in [0.25, 0.3) is 11.1 Å². The van der Waals surface area contributed by atoms with Crippen LogP contribution >= 0.6 is 0 Å². The summed E-state index contributed by atoms with van der Waals surface area (Å²) in [5.41, 5.74) is 6.57. The molecule has 0 saturated heterocycles. The van der Waals surface area contributed by atoms with E-state index in [0.29, 0.717) is 0 Å². The third-order valence-corrected chi connectivity index (χ3v) is 4.30. The number of aryl methyl sites for hydroxylation is 2. The van der Waals surface area contributed by atoms with E-state index in [4.69, 9.17) is 5.10 Å². The zero-order chi connectivity index (χ0) is 14.8. The van der Waals surface area contributed by atoms with Gasteiger partial charge in [-0.15, -0.1) is 0 Å². The predicted molar refractivity (Wildman–Crippen MR) is 87.3 cm³/mol. The highest BCUT2D eigenvalue weighted by molar-refractivity contribution is 5.69. The second-order valence-corrected chi connectivity index (χ2v) is 5.95. The van der Waals surface area contributed by atoms with E-state index in [9.17, 15) is 0 Å². The molecule has 0 amide bonds. The van der Waals surface area contributed by atoms with Crippen LogP contribution in [-0.2, 0) is 26.4 Å². The summed E-state index contributed by atoms with van der Waals surface area (Å²) in [6.45, 7) is 5.36. The lowest BCUT2D eigenvalue weighted by Crippen LogP contribution is -2.15. The Labute approximate surface area is 127 Å². The first-order valence-electron chi connectivity index (χ1n) is 8.10. The Morgan fingerprint density at radius 1 is 1.24 bits per heavy atom. The van der Waals surface area contributed by atoms with Crippen molar-refractivity contribution < 1.29 is 0 Å². The molecular formula is C18H25N3. The Morgan fingerprint density at radius 2 is 2.05 bits per heavy atom. The number of hydrogen-bond acceptors (Lipinski definition) is 2. The molecule has 3 heteroatoms. The number of hydrogen-bond donors (Lipinski definition) is 1. The van der Waals surface area contributed by atoms with Crippen molar-refractivity contribution in [1.82, 2.24) is 15.1 Å². The molecule has 1 fully saturated rings. The molecule has 1 saturated carbocycles. The number of aromatic nitrogens is 2. The molecule has 0 atom stereocenters. The maximum absolute atomic E-state index is 4.69. The van der Waals surface area contributed by atoms with E-state index in [2.05, 4.69) is 50.5 Å². The highest BCUT2D eigenvalue weighted by Crippen LogP contribution is 2.29. The third-order valence-electron chi connectivity index (χ3n) is 4.30. The molecular weight excluding hydrogens is 258 g/mol. The minimum Gasteiger partial charge on any atom is -0.310 e. The highest BCUT2D eigenvalue weighted by Gasteiger charge is 2.20. The Hall–Kier alpha value is -1.61. The van der Waals surface area contributed by atoms with Gasteiger partial charge in [-0.3, -0.25) is 4.68 Å². The van der Waals surface area contributed by atoms with Gasteiger partial charge in [0.1, 0.15) is 0 Å². The van der Waals surface area contributed by atoms with E-state index in [0.717, 1.165) is 25.4 Å². The number of nitrogens with one attached hydrogen (secondary N) is 1. The first kappa shape index (κ1) is 14.3. The summed E-state index contributed by atoms with van der Waals surface area (Å²) >= 11 is 0. The first-order chi connectivity index (χ1) is 10.2. The molecule has 1 aliphatic carbocycles. The standard InChI is InChI=1S/C18H25N3/c1-4-16-18(17(5-2)21(3)20-16)14-8-6-7-13(11-14)12-19-15-9-10-15/h6-8,11,15,19H,4-5,9-10,12H2,1-3H3. The molecule has 1 aliphatic rings. The van der Waals surface area contributed by atoms with Crippen LogP contribution in [0.2, 0.25) is 0 Å². The molecule has 3 rings (SSSR count). The van der Waals surface area contributed by atoms with Crippen molar-refractivity contribution in [3.8, 4) is 11.1 Å². The fourth-order valence-corrected chi connectivity index (χ4v) is 2.99. The molecule has 0 spiro atoms. The Bertz CT molecular complexity index is 623. The van der Waals surface area contributed by atoms with Crippen molar-refractivity contribution >= 4 is 0 Å². The van der Waals surface area contributed by atoms with Gasteiger partial charge in [-0.2, -0.15) is 5.10 Å². The Kier molecular flexibility index (Phi) is 4.11. The lowest BCUT2D eigenvalue weighted by Gasteiger charge is -2.09. The fraction of sp³-hybridized carbons (Fsp3) is 0.500. The Morgan fingerprint density at radius 3 is 2.71 bits per heavy atom. The van der Waals surface area contributed by atoms with Gasteiger partial charge in [0.25, 0.3) is 0 Å². The third kappa shape index (κ3) is 3.03. The van der Waals surface area contributed by atoms with Crippen molar-refractivity contribution in [2.24, 2.45) is 7.05 Å². The van der Waals surface area contributed by atoms with Crippen molar-refractivity contribution in [3.63, 3.8) is 0 Å². The van der Waals surface area contributed by atoms with Crippen LogP contribution in [0.4, 0.5) is 0 Å². The van der Waals surface area contributed by atoms with Gasteiger partial charge in [0, 0.05) is 30.9 Å². The normalized spacial score (nSPS) is 14.6. The molecule has 112 valence electrons. The number of benzene rings is 1. The lowest BCUT2D eigenvalue weighted by molar-refractivity contribution is 0.688. The van der Waals surface area contributed by atoms with Crippen LogP contribution in [0.5, 0.6) is 0 Å². The van der Waals surface area contributed by atoms with Crippen molar-refractivity contribution in [2.75, 3.05) is 0 Å².